The van der Waals surface area contributed by atoms with Crippen molar-refractivity contribution in [3.8, 4) is 0 Å². The summed E-state index contributed by atoms with van der Waals surface area (Å²) in [5.74, 6) is -1.01. The second-order valence-corrected chi connectivity index (χ2v) is 9.77. The molecule has 8 heteroatoms. The van der Waals surface area contributed by atoms with Gasteiger partial charge in [-0.2, -0.15) is 5.10 Å². The fourth-order valence-electron chi connectivity index (χ4n) is 5.15. The first-order valence-electron chi connectivity index (χ1n) is 12.8. The van der Waals surface area contributed by atoms with Crippen molar-refractivity contribution in [2.45, 2.75) is 83.3 Å². The lowest BCUT2D eigenvalue weighted by Crippen LogP contribution is -2.65. The van der Waals surface area contributed by atoms with E-state index in [1.807, 2.05) is 25.1 Å². The van der Waals surface area contributed by atoms with Gasteiger partial charge >= 0.3 is 5.97 Å². The third-order valence-corrected chi connectivity index (χ3v) is 7.15. The Balaban J connectivity index is 1.58. The first-order valence-corrected chi connectivity index (χ1v) is 12.8. The van der Waals surface area contributed by atoms with Gasteiger partial charge in [0.1, 0.15) is 11.2 Å². The SMILES string of the molecule is CCOC(=O)c1cc2n(n1)CC(C)(C(=O)NC1CCCCCC1)N(CCCc1ccccc1)C2=O. The van der Waals surface area contributed by atoms with Crippen LogP contribution in [0.5, 0.6) is 0 Å². The molecule has 1 unspecified atom stereocenters. The molecule has 8 nitrogen and oxygen atoms in total. The molecular formula is C27H36N4O4. The van der Waals surface area contributed by atoms with Gasteiger partial charge in [0, 0.05) is 18.7 Å². The molecule has 1 atom stereocenters. The average Bonchev–Trinajstić information content (AvgIpc) is 3.11. The van der Waals surface area contributed by atoms with E-state index < -0.39 is 11.5 Å². The molecule has 1 aliphatic carbocycles. The second kappa shape index (κ2) is 11.1. The number of hydrogen-bond acceptors (Lipinski definition) is 5. The maximum Gasteiger partial charge on any atom is 0.358 e. The molecule has 188 valence electrons. The Morgan fingerprint density at radius 1 is 1.14 bits per heavy atom. The van der Waals surface area contributed by atoms with Crippen LogP contribution in [0.15, 0.2) is 36.4 Å². The van der Waals surface area contributed by atoms with Crippen LogP contribution < -0.4 is 5.32 Å². The molecule has 2 aliphatic rings. The van der Waals surface area contributed by atoms with Crippen LogP contribution in [0.1, 0.15) is 85.3 Å². The summed E-state index contributed by atoms with van der Waals surface area (Å²) in [7, 11) is 0. The largest absolute Gasteiger partial charge is 0.461 e. The normalized spacial score (nSPS) is 20.7. The minimum absolute atomic E-state index is 0.0906. The van der Waals surface area contributed by atoms with Gasteiger partial charge in [-0.1, -0.05) is 56.0 Å². The molecule has 2 aromatic rings. The van der Waals surface area contributed by atoms with E-state index in [9.17, 15) is 14.4 Å². The number of aromatic nitrogens is 2. The lowest BCUT2D eigenvalue weighted by atomic mass is 9.93. The van der Waals surface area contributed by atoms with E-state index in [4.69, 9.17) is 4.74 Å². The minimum atomic E-state index is -1.11. The number of rotatable bonds is 8. The van der Waals surface area contributed by atoms with E-state index >= 15 is 0 Å². The smallest absolute Gasteiger partial charge is 0.358 e. The lowest BCUT2D eigenvalue weighted by Gasteiger charge is -2.44. The molecule has 2 amide bonds. The standard InChI is InChI=1S/C27H36N4O4/c1-3-35-25(33)22-18-23-24(32)30(17-11-14-20-12-7-6-8-13-20)27(2,19-31(23)29-22)26(34)28-21-15-9-4-5-10-16-21/h6-8,12-13,18,21H,3-5,9-11,14-17,19H2,1-2H3,(H,28,34). The van der Waals surface area contributed by atoms with Crippen LogP contribution in [-0.4, -0.2) is 57.2 Å². The molecule has 2 heterocycles. The number of ether oxygens (including phenoxy) is 1. The zero-order chi connectivity index (χ0) is 24.8. The van der Waals surface area contributed by atoms with Crippen molar-refractivity contribution in [3.63, 3.8) is 0 Å². The van der Waals surface area contributed by atoms with Crippen molar-refractivity contribution in [3.05, 3.63) is 53.3 Å². The zero-order valence-corrected chi connectivity index (χ0v) is 20.8. The summed E-state index contributed by atoms with van der Waals surface area (Å²) in [6.07, 6.45) is 8.05. The third-order valence-electron chi connectivity index (χ3n) is 7.15. The number of nitrogens with one attached hydrogen (secondary N) is 1. The van der Waals surface area contributed by atoms with Crippen molar-refractivity contribution in [1.29, 1.82) is 0 Å². The maximum absolute atomic E-state index is 13.7. The predicted octanol–water partition coefficient (Wildman–Crippen LogP) is 3.75. The molecular weight excluding hydrogens is 444 g/mol. The summed E-state index contributed by atoms with van der Waals surface area (Å²) in [5, 5.41) is 7.58. The number of amides is 2. The molecule has 0 saturated heterocycles. The lowest BCUT2D eigenvalue weighted by molar-refractivity contribution is -0.134. The molecule has 1 aromatic heterocycles. The summed E-state index contributed by atoms with van der Waals surface area (Å²) in [6.45, 7) is 4.39. The number of benzene rings is 1. The van der Waals surface area contributed by atoms with Crippen LogP contribution in [0.3, 0.4) is 0 Å². The van der Waals surface area contributed by atoms with E-state index in [0.717, 1.165) is 38.5 Å². The van der Waals surface area contributed by atoms with Crippen LogP contribution >= 0.6 is 0 Å². The van der Waals surface area contributed by atoms with Gasteiger partial charge in [0.25, 0.3) is 5.91 Å². The van der Waals surface area contributed by atoms with Gasteiger partial charge < -0.3 is 15.0 Å². The molecule has 1 N–H and O–H groups in total. The highest BCUT2D eigenvalue weighted by atomic mass is 16.5. The van der Waals surface area contributed by atoms with Crippen LogP contribution in [0, 0.1) is 0 Å². The predicted molar refractivity (Wildman–Crippen MR) is 132 cm³/mol. The third kappa shape index (κ3) is 5.57. The molecule has 1 saturated carbocycles. The quantitative estimate of drug-likeness (QED) is 0.459. The molecule has 1 fully saturated rings. The number of nitrogens with zero attached hydrogens (tertiary/aromatic N) is 3. The fraction of sp³-hybridized carbons (Fsp3) is 0.556. The monoisotopic (exact) mass is 480 g/mol. The highest BCUT2D eigenvalue weighted by molar-refractivity contribution is 6.01. The van der Waals surface area contributed by atoms with Crippen LogP contribution in [0.4, 0.5) is 0 Å². The molecule has 0 spiro atoms. The Bertz CT molecular complexity index is 1040. The second-order valence-electron chi connectivity index (χ2n) is 9.77. The highest BCUT2D eigenvalue weighted by Gasteiger charge is 2.48. The Labute approximate surface area is 207 Å². The van der Waals surface area contributed by atoms with Gasteiger partial charge in [0.2, 0.25) is 5.91 Å². The minimum Gasteiger partial charge on any atom is -0.461 e. The molecule has 35 heavy (non-hydrogen) atoms. The molecule has 0 bridgehead atoms. The van der Waals surface area contributed by atoms with Crippen molar-refractivity contribution in [2.75, 3.05) is 13.2 Å². The van der Waals surface area contributed by atoms with E-state index in [-0.39, 0.29) is 36.7 Å². The summed E-state index contributed by atoms with van der Waals surface area (Å²) in [6, 6.07) is 11.7. The summed E-state index contributed by atoms with van der Waals surface area (Å²) < 4.78 is 6.57. The van der Waals surface area contributed by atoms with E-state index in [1.54, 1.807) is 11.8 Å². The van der Waals surface area contributed by atoms with Crippen LogP contribution in [-0.2, 0) is 22.5 Å². The van der Waals surface area contributed by atoms with E-state index in [1.165, 1.54) is 29.2 Å². The van der Waals surface area contributed by atoms with Gasteiger partial charge in [-0.05, 0) is 45.1 Å². The topological polar surface area (TPSA) is 93.5 Å². The van der Waals surface area contributed by atoms with Crippen LogP contribution in [0.2, 0.25) is 0 Å². The van der Waals surface area contributed by atoms with Gasteiger partial charge in [-0.15, -0.1) is 0 Å². The van der Waals surface area contributed by atoms with Crippen molar-refractivity contribution in [1.82, 2.24) is 20.0 Å². The number of carbonyl (C=O) groups excluding carboxylic acids is 3. The summed E-state index contributed by atoms with van der Waals surface area (Å²) in [5.41, 5.74) is 0.488. The maximum atomic E-state index is 13.7. The number of hydrogen-bond donors (Lipinski definition) is 1. The number of fused-ring (bicyclic) bond motifs is 1. The van der Waals surface area contributed by atoms with Gasteiger partial charge in [-0.25, -0.2) is 4.79 Å². The molecule has 0 radical (unpaired) electrons. The summed E-state index contributed by atoms with van der Waals surface area (Å²) in [4.78, 5) is 41.3. The number of esters is 1. The Morgan fingerprint density at radius 2 is 1.86 bits per heavy atom. The highest BCUT2D eigenvalue weighted by Crippen LogP contribution is 2.29. The van der Waals surface area contributed by atoms with Gasteiger partial charge in [0.15, 0.2) is 5.69 Å². The average molecular weight is 481 g/mol. The summed E-state index contributed by atoms with van der Waals surface area (Å²) >= 11 is 0. The Kier molecular flexibility index (Phi) is 7.88. The Hall–Kier alpha value is -3.16. The first-order chi connectivity index (χ1) is 16.9. The number of carbonyl (C=O) groups is 3. The van der Waals surface area contributed by atoms with Gasteiger partial charge in [-0.3, -0.25) is 14.3 Å². The van der Waals surface area contributed by atoms with E-state index in [0.29, 0.717) is 12.2 Å². The number of aryl methyl sites for hydroxylation is 1. The van der Waals surface area contributed by atoms with Crippen molar-refractivity contribution < 1.29 is 19.1 Å². The van der Waals surface area contributed by atoms with E-state index in [2.05, 4.69) is 22.5 Å². The Morgan fingerprint density at radius 3 is 2.54 bits per heavy atom. The van der Waals surface area contributed by atoms with Gasteiger partial charge in [0.05, 0.1) is 13.2 Å². The van der Waals surface area contributed by atoms with Crippen molar-refractivity contribution >= 4 is 17.8 Å². The first kappa shape index (κ1) is 24.9. The van der Waals surface area contributed by atoms with Crippen molar-refractivity contribution in [2.24, 2.45) is 0 Å². The zero-order valence-electron chi connectivity index (χ0n) is 20.8. The molecule has 1 aromatic carbocycles. The van der Waals surface area contributed by atoms with Crippen LogP contribution in [0.25, 0.3) is 0 Å². The fourth-order valence-corrected chi connectivity index (χ4v) is 5.15. The molecule has 1 aliphatic heterocycles. The molecule has 4 rings (SSSR count).